The second-order valence-corrected chi connectivity index (χ2v) is 6.52. The topological polar surface area (TPSA) is 42.0 Å². The molecule has 0 aliphatic carbocycles. The van der Waals surface area contributed by atoms with Crippen molar-refractivity contribution in [2.75, 3.05) is 37.7 Å². The van der Waals surface area contributed by atoms with Crippen molar-refractivity contribution in [3.05, 3.63) is 59.9 Å². The Kier molecular flexibility index (Phi) is 4.75. The summed E-state index contributed by atoms with van der Waals surface area (Å²) in [6.45, 7) is 3.24. The van der Waals surface area contributed by atoms with Crippen molar-refractivity contribution in [1.82, 2.24) is 4.90 Å². The molecule has 0 aromatic heterocycles. The molecule has 0 radical (unpaired) electrons. The van der Waals surface area contributed by atoms with Gasteiger partial charge in [-0.25, -0.2) is 4.39 Å². The molecule has 0 N–H and O–H groups in total. The predicted octanol–water partition coefficient (Wildman–Crippen LogP) is 2.45. The maximum atomic E-state index is 13.5. The van der Waals surface area contributed by atoms with Gasteiger partial charge in [-0.15, -0.1) is 0 Å². The molecular weight excluding hydrogens is 335 g/mol. The Labute approximate surface area is 151 Å². The largest absolute Gasteiger partial charge is 0.477 e. The number of nitrogens with zero attached hydrogens (tertiary/aromatic N) is 2. The molecule has 6 heteroatoms. The van der Waals surface area contributed by atoms with Crippen LogP contribution in [0.15, 0.2) is 48.5 Å². The maximum absolute atomic E-state index is 13.5. The third-order valence-corrected chi connectivity index (χ3v) is 4.72. The summed E-state index contributed by atoms with van der Waals surface area (Å²) >= 11 is 0. The van der Waals surface area contributed by atoms with E-state index in [4.69, 9.17) is 9.47 Å². The minimum Gasteiger partial charge on any atom is -0.477 e. The third kappa shape index (κ3) is 3.51. The van der Waals surface area contributed by atoms with E-state index in [1.165, 1.54) is 12.1 Å². The van der Waals surface area contributed by atoms with E-state index in [1.807, 2.05) is 30.3 Å². The first-order valence-corrected chi connectivity index (χ1v) is 8.82. The van der Waals surface area contributed by atoms with Crippen molar-refractivity contribution in [2.45, 2.75) is 12.6 Å². The van der Waals surface area contributed by atoms with Crippen LogP contribution in [0.4, 0.5) is 10.1 Å². The van der Waals surface area contributed by atoms with Crippen molar-refractivity contribution >= 4 is 11.6 Å². The molecule has 2 aromatic carbocycles. The number of hydrogen-bond donors (Lipinski definition) is 0. The van der Waals surface area contributed by atoms with Crippen LogP contribution in [0, 0.1) is 5.82 Å². The zero-order valence-electron chi connectivity index (χ0n) is 14.4. The number of ether oxygens (including phenoxy) is 2. The molecule has 1 saturated heterocycles. The smallest absolute Gasteiger partial charge is 0.265 e. The Morgan fingerprint density at radius 2 is 1.92 bits per heavy atom. The summed E-state index contributed by atoms with van der Waals surface area (Å²) in [4.78, 5) is 16.7. The SMILES string of the molecule is O=C([C@H]1CN(Cc2cccc(F)c2)c2ccccc2O1)N1CCOCC1. The number of fused-ring (bicyclic) bond motifs is 1. The Morgan fingerprint density at radius 1 is 1.12 bits per heavy atom. The minimum atomic E-state index is -0.573. The molecule has 2 heterocycles. The summed E-state index contributed by atoms with van der Waals surface area (Å²) < 4.78 is 24.9. The number of anilines is 1. The lowest BCUT2D eigenvalue weighted by Crippen LogP contribution is -2.52. The lowest BCUT2D eigenvalue weighted by Gasteiger charge is -2.38. The van der Waals surface area contributed by atoms with E-state index in [2.05, 4.69) is 4.90 Å². The zero-order valence-corrected chi connectivity index (χ0v) is 14.4. The first-order valence-electron chi connectivity index (χ1n) is 8.82. The second kappa shape index (κ2) is 7.33. The summed E-state index contributed by atoms with van der Waals surface area (Å²) in [6, 6.07) is 14.2. The second-order valence-electron chi connectivity index (χ2n) is 6.52. The molecule has 0 unspecified atom stereocenters. The molecular formula is C20H21FN2O3. The monoisotopic (exact) mass is 356 g/mol. The number of amides is 1. The third-order valence-electron chi connectivity index (χ3n) is 4.72. The van der Waals surface area contributed by atoms with Gasteiger partial charge >= 0.3 is 0 Å². The van der Waals surface area contributed by atoms with Gasteiger partial charge < -0.3 is 19.3 Å². The molecule has 0 spiro atoms. The van der Waals surface area contributed by atoms with Crippen LogP contribution in [0.25, 0.3) is 0 Å². The highest BCUT2D eigenvalue weighted by atomic mass is 19.1. The van der Waals surface area contributed by atoms with Gasteiger partial charge in [0, 0.05) is 19.6 Å². The van der Waals surface area contributed by atoms with Crippen LogP contribution in [0.2, 0.25) is 0 Å². The van der Waals surface area contributed by atoms with Crippen LogP contribution in [0.1, 0.15) is 5.56 Å². The highest BCUT2D eigenvalue weighted by molar-refractivity contribution is 5.83. The molecule has 2 aromatic rings. The number of benzene rings is 2. The molecule has 2 aliphatic heterocycles. The number of hydrogen-bond acceptors (Lipinski definition) is 4. The Bertz CT molecular complexity index is 792. The zero-order chi connectivity index (χ0) is 17.9. The van der Waals surface area contributed by atoms with Crippen molar-refractivity contribution in [1.29, 1.82) is 0 Å². The van der Waals surface area contributed by atoms with Gasteiger partial charge in [0.25, 0.3) is 5.91 Å². The summed E-state index contributed by atoms with van der Waals surface area (Å²) in [7, 11) is 0. The highest BCUT2D eigenvalue weighted by Gasteiger charge is 2.34. The average Bonchev–Trinajstić information content (AvgIpc) is 2.68. The number of carbonyl (C=O) groups excluding carboxylic acids is 1. The van der Waals surface area contributed by atoms with Gasteiger partial charge in [0.15, 0.2) is 6.10 Å². The molecule has 1 atom stereocenters. The van der Waals surface area contributed by atoms with Crippen LogP contribution >= 0.6 is 0 Å². The van der Waals surface area contributed by atoms with E-state index in [0.29, 0.717) is 45.1 Å². The van der Waals surface area contributed by atoms with Gasteiger partial charge in [0.05, 0.1) is 25.4 Å². The van der Waals surface area contributed by atoms with Gasteiger partial charge in [-0.05, 0) is 29.8 Å². The van der Waals surface area contributed by atoms with Crippen LogP contribution in [0.3, 0.4) is 0 Å². The van der Waals surface area contributed by atoms with Gasteiger partial charge in [-0.2, -0.15) is 0 Å². The van der Waals surface area contributed by atoms with E-state index in [0.717, 1.165) is 11.3 Å². The molecule has 5 nitrogen and oxygen atoms in total. The van der Waals surface area contributed by atoms with Crippen LogP contribution in [0.5, 0.6) is 5.75 Å². The van der Waals surface area contributed by atoms with Gasteiger partial charge in [-0.1, -0.05) is 24.3 Å². The van der Waals surface area contributed by atoms with E-state index >= 15 is 0 Å². The minimum absolute atomic E-state index is 0.0213. The lowest BCUT2D eigenvalue weighted by atomic mass is 10.1. The summed E-state index contributed by atoms with van der Waals surface area (Å²) in [5.74, 6) is 0.402. The van der Waals surface area contributed by atoms with Crippen molar-refractivity contribution in [2.24, 2.45) is 0 Å². The molecule has 26 heavy (non-hydrogen) atoms. The predicted molar refractivity (Wildman–Crippen MR) is 95.7 cm³/mol. The lowest BCUT2D eigenvalue weighted by molar-refractivity contribution is -0.142. The molecule has 1 fully saturated rings. The molecule has 1 amide bonds. The summed E-state index contributed by atoms with van der Waals surface area (Å²) in [5, 5.41) is 0. The first kappa shape index (κ1) is 16.8. The Hall–Kier alpha value is -2.60. The van der Waals surface area contributed by atoms with E-state index < -0.39 is 6.10 Å². The number of morpholine rings is 1. The standard InChI is InChI=1S/C20H21FN2O3/c21-16-5-3-4-15(12-16)13-23-14-19(20(24)22-8-10-25-11-9-22)26-18-7-2-1-6-17(18)23/h1-7,12,19H,8-11,13-14H2/t19-/m1/s1. The molecule has 4 rings (SSSR count). The van der Waals surface area contributed by atoms with Crippen molar-refractivity contribution in [3.63, 3.8) is 0 Å². The van der Waals surface area contributed by atoms with Crippen molar-refractivity contribution in [3.8, 4) is 5.75 Å². The Balaban J connectivity index is 1.57. The maximum Gasteiger partial charge on any atom is 0.265 e. The fraction of sp³-hybridized carbons (Fsp3) is 0.350. The molecule has 136 valence electrons. The summed E-state index contributed by atoms with van der Waals surface area (Å²) in [5.41, 5.74) is 1.78. The normalized spacial score (nSPS) is 19.7. The van der Waals surface area contributed by atoms with E-state index in [-0.39, 0.29) is 11.7 Å². The highest BCUT2D eigenvalue weighted by Crippen LogP contribution is 2.34. The fourth-order valence-electron chi connectivity index (χ4n) is 3.43. The average molecular weight is 356 g/mol. The van der Waals surface area contributed by atoms with Gasteiger partial charge in [0.2, 0.25) is 0 Å². The first-order chi connectivity index (χ1) is 12.7. The van der Waals surface area contributed by atoms with Gasteiger partial charge in [-0.3, -0.25) is 4.79 Å². The van der Waals surface area contributed by atoms with Crippen LogP contribution < -0.4 is 9.64 Å². The van der Waals surface area contributed by atoms with Crippen LogP contribution in [-0.2, 0) is 16.1 Å². The fourth-order valence-corrected chi connectivity index (χ4v) is 3.43. The molecule has 0 bridgehead atoms. The van der Waals surface area contributed by atoms with E-state index in [9.17, 15) is 9.18 Å². The quantitative estimate of drug-likeness (QED) is 0.847. The van der Waals surface area contributed by atoms with Gasteiger partial charge in [0.1, 0.15) is 11.6 Å². The number of rotatable bonds is 3. The summed E-state index contributed by atoms with van der Waals surface area (Å²) in [6.07, 6.45) is -0.573. The number of carbonyl (C=O) groups is 1. The van der Waals surface area contributed by atoms with Crippen LogP contribution in [-0.4, -0.2) is 49.8 Å². The Morgan fingerprint density at radius 3 is 2.73 bits per heavy atom. The number of halogens is 1. The molecule has 2 aliphatic rings. The number of para-hydroxylation sites is 2. The molecule has 0 saturated carbocycles. The van der Waals surface area contributed by atoms with Crippen molar-refractivity contribution < 1.29 is 18.7 Å². The van der Waals surface area contributed by atoms with E-state index in [1.54, 1.807) is 11.0 Å².